The topological polar surface area (TPSA) is 61.3 Å². The second-order valence-corrected chi connectivity index (χ2v) is 4.66. The van der Waals surface area contributed by atoms with Crippen molar-refractivity contribution in [2.75, 3.05) is 7.11 Å². The van der Waals surface area contributed by atoms with Gasteiger partial charge in [-0.15, -0.1) is 0 Å². The summed E-state index contributed by atoms with van der Waals surface area (Å²) in [5.74, 6) is 0.459. The zero-order valence-electron chi connectivity index (χ0n) is 10.4. The Bertz CT molecular complexity index is 599. The van der Waals surface area contributed by atoms with Crippen molar-refractivity contribution in [3.05, 3.63) is 46.3 Å². The van der Waals surface area contributed by atoms with E-state index in [2.05, 4.69) is 30.6 Å². The molecule has 2 aromatic rings. The van der Waals surface area contributed by atoms with Crippen LogP contribution in [0, 0.1) is 6.92 Å². The number of aromatic nitrogens is 2. The minimum Gasteiger partial charge on any atom is -0.464 e. The quantitative estimate of drug-likeness (QED) is 0.812. The largest absolute Gasteiger partial charge is 0.464 e. The first-order valence-corrected chi connectivity index (χ1v) is 6.24. The maximum absolute atomic E-state index is 11.2. The van der Waals surface area contributed by atoms with E-state index >= 15 is 0 Å². The van der Waals surface area contributed by atoms with Gasteiger partial charge >= 0.3 is 5.97 Å². The minimum atomic E-state index is -0.530. The van der Waals surface area contributed by atoms with Crippen LogP contribution in [0.1, 0.15) is 16.1 Å². The Morgan fingerprint density at radius 2 is 2.05 bits per heavy atom. The van der Waals surface area contributed by atoms with Crippen LogP contribution >= 0.6 is 15.9 Å². The molecule has 0 saturated carbocycles. The Hall–Kier alpha value is -1.95. The van der Waals surface area contributed by atoms with E-state index in [1.165, 1.54) is 19.5 Å². The minimum absolute atomic E-state index is 0.140. The van der Waals surface area contributed by atoms with E-state index in [-0.39, 0.29) is 5.69 Å². The average molecular weight is 323 g/mol. The van der Waals surface area contributed by atoms with Crippen LogP contribution in [0.15, 0.2) is 35.1 Å². The van der Waals surface area contributed by atoms with Crippen molar-refractivity contribution in [3.8, 4) is 11.6 Å². The number of ether oxygens (including phenoxy) is 2. The molecule has 1 aromatic carbocycles. The third kappa shape index (κ3) is 3.29. The lowest BCUT2D eigenvalue weighted by Crippen LogP contribution is -2.04. The number of halogens is 1. The average Bonchev–Trinajstić information content (AvgIpc) is 2.43. The van der Waals surface area contributed by atoms with Gasteiger partial charge in [0.1, 0.15) is 5.75 Å². The maximum Gasteiger partial charge on any atom is 0.358 e. The first-order valence-electron chi connectivity index (χ1n) is 5.44. The van der Waals surface area contributed by atoms with Crippen molar-refractivity contribution in [2.45, 2.75) is 6.92 Å². The fraction of sp³-hybridized carbons (Fsp3) is 0.154. The summed E-state index contributed by atoms with van der Waals surface area (Å²) in [6.45, 7) is 1.93. The predicted octanol–water partition coefficient (Wildman–Crippen LogP) is 3.13. The number of hydrogen-bond donors (Lipinski definition) is 0. The molecule has 0 spiro atoms. The lowest BCUT2D eigenvalue weighted by molar-refractivity contribution is 0.0593. The summed E-state index contributed by atoms with van der Waals surface area (Å²) in [5, 5.41) is 0. The van der Waals surface area contributed by atoms with Gasteiger partial charge in [0.25, 0.3) is 0 Å². The van der Waals surface area contributed by atoms with Gasteiger partial charge in [-0.1, -0.05) is 22.0 Å². The van der Waals surface area contributed by atoms with Crippen LogP contribution in [-0.4, -0.2) is 23.0 Å². The Morgan fingerprint density at radius 1 is 1.26 bits per heavy atom. The van der Waals surface area contributed by atoms with Crippen LogP contribution in [-0.2, 0) is 4.74 Å². The molecule has 0 fully saturated rings. The highest BCUT2D eigenvalue weighted by Gasteiger charge is 2.09. The third-order valence-electron chi connectivity index (χ3n) is 2.39. The number of carbonyl (C=O) groups is 1. The Balaban J connectivity index is 2.19. The van der Waals surface area contributed by atoms with Gasteiger partial charge in [0.15, 0.2) is 5.69 Å². The summed E-state index contributed by atoms with van der Waals surface area (Å²) in [7, 11) is 1.29. The SMILES string of the molecule is COC(=O)c1cnc(Oc2cc(Br)ccc2C)cn1. The van der Waals surface area contributed by atoms with Crippen LogP contribution in [0.4, 0.5) is 0 Å². The Morgan fingerprint density at radius 3 is 2.68 bits per heavy atom. The molecule has 98 valence electrons. The smallest absolute Gasteiger partial charge is 0.358 e. The second kappa shape index (κ2) is 5.79. The molecular weight excluding hydrogens is 312 g/mol. The van der Waals surface area contributed by atoms with Crippen molar-refractivity contribution in [3.63, 3.8) is 0 Å². The van der Waals surface area contributed by atoms with Crippen LogP contribution in [0.25, 0.3) is 0 Å². The standard InChI is InChI=1S/C13H11BrN2O3/c1-8-3-4-9(14)5-11(8)19-12-7-15-10(6-16-12)13(17)18-2/h3-7H,1-2H3. The molecule has 0 aliphatic heterocycles. The molecule has 0 aliphatic carbocycles. The summed E-state index contributed by atoms with van der Waals surface area (Å²) < 4.78 is 11.1. The van der Waals surface area contributed by atoms with Gasteiger partial charge in [0.05, 0.1) is 19.5 Å². The molecule has 1 aromatic heterocycles. The molecule has 5 nitrogen and oxygen atoms in total. The Kier molecular flexibility index (Phi) is 4.11. The molecule has 2 rings (SSSR count). The van der Waals surface area contributed by atoms with Gasteiger partial charge in [-0.2, -0.15) is 0 Å². The van der Waals surface area contributed by atoms with E-state index in [0.29, 0.717) is 11.6 Å². The molecule has 0 unspecified atom stereocenters. The Labute approximate surface area is 118 Å². The number of aryl methyl sites for hydroxylation is 1. The molecule has 0 amide bonds. The van der Waals surface area contributed by atoms with Gasteiger partial charge in [-0.3, -0.25) is 0 Å². The highest BCUT2D eigenvalue weighted by molar-refractivity contribution is 9.10. The summed E-state index contributed by atoms with van der Waals surface area (Å²) in [6.07, 6.45) is 2.70. The summed E-state index contributed by atoms with van der Waals surface area (Å²) in [6, 6.07) is 5.69. The maximum atomic E-state index is 11.2. The van der Waals surface area contributed by atoms with Crippen molar-refractivity contribution in [2.24, 2.45) is 0 Å². The lowest BCUT2D eigenvalue weighted by atomic mass is 10.2. The molecule has 0 aliphatic rings. The van der Waals surface area contributed by atoms with Gasteiger partial charge in [-0.05, 0) is 24.6 Å². The van der Waals surface area contributed by atoms with E-state index < -0.39 is 5.97 Å². The van der Waals surface area contributed by atoms with E-state index in [0.717, 1.165) is 10.0 Å². The van der Waals surface area contributed by atoms with Gasteiger partial charge < -0.3 is 9.47 Å². The molecule has 1 heterocycles. The van der Waals surface area contributed by atoms with Crippen molar-refractivity contribution in [1.82, 2.24) is 9.97 Å². The molecule has 0 radical (unpaired) electrons. The lowest BCUT2D eigenvalue weighted by Gasteiger charge is -2.08. The van der Waals surface area contributed by atoms with E-state index in [1.54, 1.807) is 0 Å². The zero-order valence-corrected chi connectivity index (χ0v) is 12.0. The fourth-order valence-electron chi connectivity index (χ4n) is 1.38. The zero-order chi connectivity index (χ0) is 13.8. The first-order chi connectivity index (χ1) is 9.10. The van der Waals surface area contributed by atoms with Crippen LogP contribution in [0.3, 0.4) is 0 Å². The molecular formula is C13H11BrN2O3. The molecule has 0 atom stereocenters. The molecule has 19 heavy (non-hydrogen) atoms. The van der Waals surface area contributed by atoms with E-state index in [1.807, 2.05) is 25.1 Å². The predicted molar refractivity (Wildman–Crippen MR) is 72.3 cm³/mol. The number of carbonyl (C=O) groups excluding carboxylic acids is 1. The molecule has 6 heteroatoms. The summed E-state index contributed by atoms with van der Waals surface area (Å²) in [4.78, 5) is 19.1. The highest BCUT2D eigenvalue weighted by Crippen LogP contribution is 2.26. The molecule has 0 saturated heterocycles. The first kappa shape index (κ1) is 13.5. The number of hydrogen-bond acceptors (Lipinski definition) is 5. The van der Waals surface area contributed by atoms with Crippen LogP contribution in [0.5, 0.6) is 11.6 Å². The van der Waals surface area contributed by atoms with E-state index in [9.17, 15) is 4.79 Å². The summed E-state index contributed by atoms with van der Waals surface area (Å²) >= 11 is 3.37. The number of nitrogens with zero attached hydrogens (tertiary/aromatic N) is 2. The van der Waals surface area contributed by atoms with Crippen molar-refractivity contribution >= 4 is 21.9 Å². The third-order valence-corrected chi connectivity index (χ3v) is 2.88. The monoisotopic (exact) mass is 322 g/mol. The number of methoxy groups -OCH3 is 1. The molecule has 0 N–H and O–H groups in total. The fourth-order valence-corrected chi connectivity index (χ4v) is 1.72. The van der Waals surface area contributed by atoms with E-state index in [4.69, 9.17) is 4.74 Å². The number of rotatable bonds is 3. The van der Waals surface area contributed by atoms with Crippen LogP contribution in [0.2, 0.25) is 0 Å². The van der Waals surface area contributed by atoms with Crippen molar-refractivity contribution < 1.29 is 14.3 Å². The van der Waals surface area contributed by atoms with Gasteiger partial charge in [-0.25, -0.2) is 14.8 Å². The number of benzene rings is 1. The second-order valence-electron chi connectivity index (χ2n) is 3.74. The van der Waals surface area contributed by atoms with Gasteiger partial charge in [0, 0.05) is 4.47 Å². The van der Waals surface area contributed by atoms with Gasteiger partial charge in [0.2, 0.25) is 5.88 Å². The van der Waals surface area contributed by atoms with Crippen molar-refractivity contribution in [1.29, 1.82) is 0 Å². The normalized spacial score (nSPS) is 10.1. The highest BCUT2D eigenvalue weighted by atomic mass is 79.9. The van der Waals surface area contributed by atoms with Crippen LogP contribution < -0.4 is 4.74 Å². The molecule has 0 bridgehead atoms. The number of esters is 1. The summed E-state index contributed by atoms with van der Waals surface area (Å²) in [5.41, 5.74) is 1.11.